The standard InChI is InChI=1S/C22H36P2.C8H12.CHF3O3S.Rh/c1-5-17-13-14-18(6-2)23(17)21-11-9-10-12-22(21)24-19(7-3)15-16-20(24)8-4;1-2-4-6-8-7-5-3-1;2-1(3,4)8(5,6)7;/h9-12,17-20H,5-8,13-16H2,1-4H3;1-2,7-8H,3-6H2;(H,5,6,7);/p-1/b;2-1-,8-7?;;/t17-,18-,19-,20-;;;/m0.../s1. The number of hydrogen-bond donors (Lipinski definition) is 0. The maximum Gasteiger partial charge on any atom is 0.485 e. The van der Waals surface area contributed by atoms with Crippen molar-refractivity contribution in [1.82, 2.24) is 0 Å². The first kappa shape index (κ1) is 38.9. The minimum absolute atomic E-state index is 0. The van der Waals surface area contributed by atoms with Gasteiger partial charge in [0.05, 0.1) is 0 Å². The first-order chi connectivity index (χ1) is 19.0. The Hall–Kier alpha value is -0.117. The predicted molar refractivity (Wildman–Crippen MR) is 167 cm³/mol. The van der Waals surface area contributed by atoms with E-state index in [1.807, 2.05) is 10.6 Å². The fourth-order valence-corrected chi connectivity index (χ4v) is 14.0. The minimum Gasteiger partial charge on any atom is -0.741 e. The Kier molecular flexibility index (Phi) is 18.3. The van der Waals surface area contributed by atoms with Crippen molar-refractivity contribution in [3.8, 4) is 0 Å². The van der Waals surface area contributed by atoms with E-state index in [2.05, 4.69) is 76.3 Å². The van der Waals surface area contributed by atoms with Gasteiger partial charge in [-0.15, -0.1) is 0 Å². The maximum absolute atomic E-state index is 10.7. The van der Waals surface area contributed by atoms with E-state index in [0.717, 1.165) is 22.6 Å². The van der Waals surface area contributed by atoms with Crippen LogP contribution in [-0.2, 0) is 29.6 Å². The molecule has 4 rings (SSSR count). The van der Waals surface area contributed by atoms with Crippen LogP contribution in [0.1, 0.15) is 105 Å². The van der Waals surface area contributed by atoms with E-state index in [4.69, 9.17) is 13.0 Å². The second-order valence-corrected chi connectivity index (χ2v) is 17.6. The molecule has 1 aliphatic carbocycles. The largest absolute Gasteiger partial charge is 0.741 e. The zero-order valence-electron chi connectivity index (χ0n) is 24.9. The first-order valence-corrected chi connectivity index (χ1v) is 19.3. The van der Waals surface area contributed by atoms with Crippen molar-refractivity contribution in [2.45, 2.75) is 133 Å². The summed E-state index contributed by atoms with van der Waals surface area (Å²) in [6.45, 7) is 9.74. The monoisotopic (exact) mass is 722 g/mol. The zero-order chi connectivity index (χ0) is 29.8. The molecule has 0 amide bonds. The van der Waals surface area contributed by atoms with Crippen LogP contribution in [0.15, 0.2) is 48.6 Å². The summed E-state index contributed by atoms with van der Waals surface area (Å²) in [6.07, 6.45) is 25.5. The summed E-state index contributed by atoms with van der Waals surface area (Å²) >= 11 is 0. The summed E-state index contributed by atoms with van der Waals surface area (Å²) in [5, 5.41) is 3.68. The summed E-state index contributed by atoms with van der Waals surface area (Å²) in [4.78, 5) is 0. The normalized spacial score (nSPS) is 26.0. The molecule has 3 nitrogen and oxygen atoms in total. The van der Waals surface area contributed by atoms with Gasteiger partial charge in [-0.2, -0.15) is 13.2 Å². The van der Waals surface area contributed by atoms with Crippen LogP contribution < -0.4 is 10.6 Å². The Balaban J connectivity index is 0.000000407. The van der Waals surface area contributed by atoms with Crippen molar-refractivity contribution in [3.63, 3.8) is 0 Å². The van der Waals surface area contributed by atoms with E-state index in [9.17, 15) is 13.2 Å². The number of allylic oxidation sites excluding steroid dienone is 4. The van der Waals surface area contributed by atoms with Crippen LogP contribution in [0.2, 0.25) is 0 Å². The van der Waals surface area contributed by atoms with Gasteiger partial charge in [-0.1, -0.05) is 92.1 Å². The van der Waals surface area contributed by atoms with Crippen LogP contribution in [0.3, 0.4) is 0 Å². The molecular formula is C31H48F3O3P2RhS-. The molecule has 0 unspecified atom stereocenters. The van der Waals surface area contributed by atoms with E-state index in [0.29, 0.717) is 0 Å². The van der Waals surface area contributed by atoms with Crippen molar-refractivity contribution in [2.75, 3.05) is 0 Å². The Morgan fingerprint density at radius 1 is 0.683 bits per heavy atom. The first-order valence-electron chi connectivity index (χ1n) is 15.0. The molecule has 0 aromatic heterocycles. The summed E-state index contributed by atoms with van der Waals surface area (Å²) < 4.78 is 58.9. The van der Waals surface area contributed by atoms with Gasteiger partial charge in [0.15, 0.2) is 10.1 Å². The molecule has 0 spiro atoms. The molecule has 2 fully saturated rings. The molecule has 2 aliphatic heterocycles. The Bertz CT molecular complexity index is 952. The second kappa shape index (κ2) is 19.3. The smallest absolute Gasteiger partial charge is 0.485 e. The quantitative estimate of drug-likeness (QED) is 0.0968. The van der Waals surface area contributed by atoms with Gasteiger partial charge in [-0.05, 0) is 110 Å². The Morgan fingerprint density at radius 2 is 0.927 bits per heavy atom. The van der Waals surface area contributed by atoms with E-state index in [1.54, 1.807) is 0 Å². The summed E-state index contributed by atoms with van der Waals surface area (Å²) in [6, 6.07) is 9.79. The van der Waals surface area contributed by atoms with Crippen molar-refractivity contribution >= 4 is 36.6 Å². The molecule has 2 saturated heterocycles. The Morgan fingerprint density at radius 3 is 1.12 bits per heavy atom. The van der Waals surface area contributed by atoms with Crippen LogP contribution in [0.5, 0.6) is 0 Å². The van der Waals surface area contributed by atoms with Crippen molar-refractivity contribution in [2.24, 2.45) is 0 Å². The van der Waals surface area contributed by atoms with Crippen molar-refractivity contribution in [3.05, 3.63) is 48.6 Å². The molecule has 1 aromatic carbocycles. The van der Waals surface area contributed by atoms with Crippen LogP contribution in [0.4, 0.5) is 13.2 Å². The number of hydrogen-bond acceptors (Lipinski definition) is 3. The fourth-order valence-electron chi connectivity index (χ4n) is 6.07. The maximum atomic E-state index is 10.7. The van der Waals surface area contributed by atoms with Gasteiger partial charge >= 0.3 is 5.51 Å². The van der Waals surface area contributed by atoms with E-state index < -0.39 is 15.6 Å². The van der Waals surface area contributed by atoms with E-state index in [1.165, 1.54) is 77.0 Å². The van der Waals surface area contributed by atoms with E-state index in [-0.39, 0.29) is 35.3 Å². The molecule has 10 heteroatoms. The van der Waals surface area contributed by atoms with E-state index >= 15 is 0 Å². The van der Waals surface area contributed by atoms with Gasteiger partial charge in [0.2, 0.25) is 0 Å². The molecule has 0 saturated carbocycles. The van der Waals surface area contributed by atoms with Gasteiger partial charge in [-0.3, -0.25) is 0 Å². The molecule has 0 bridgehead atoms. The summed E-state index contributed by atoms with van der Waals surface area (Å²) in [5.74, 6) is 0. The van der Waals surface area contributed by atoms with Crippen molar-refractivity contribution < 1.29 is 45.6 Å². The number of rotatable bonds is 6. The van der Waals surface area contributed by atoms with Crippen LogP contribution >= 0.6 is 15.8 Å². The number of alkyl halides is 3. The fraction of sp³-hybridized carbons (Fsp3) is 0.677. The minimum atomic E-state index is -6.09. The number of benzene rings is 1. The summed E-state index contributed by atoms with van der Waals surface area (Å²) in [5.41, 5.74) is -1.69. The molecule has 41 heavy (non-hydrogen) atoms. The average Bonchev–Trinajstić information content (AvgIpc) is 3.51. The average molecular weight is 723 g/mol. The van der Waals surface area contributed by atoms with Crippen LogP contribution in [0.25, 0.3) is 0 Å². The third-order valence-electron chi connectivity index (χ3n) is 8.18. The van der Waals surface area contributed by atoms with Gasteiger partial charge in [0, 0.05) is 19.5 Å². The summed E-state index contributed by atoms with van der Waals surface area (Å²) in [7, 11) is -5.96. The Labute approximate surface area is 262 Å². The topological polar surface area (TPSA) is 57.2 Å². The predicted octanol–water partition coefficient (Wildman–Crippen LogP) is 9.32. The molecule has 2 heterocycles. The molecule has 1 aromatic rings. The SMILES string of the molecule is C1=CCC/C=C\CC1.CC[C@H]1CC[C@H](CC)P1c1ccccc1P1[C@@H](CC)CC[C@@H]1CC.O=S(=O)([O-])C(F)(F)F.[Rh]. The van der Waals surface area contributed by atoms with Gasteiger partial charge in [0.1, 0.15) is 0 Å². The molecule has 3 aliphatic rings. The molecule has 0 N–H and O–H groups in total. The van der Waals surface area contributed by atoms with Crippen LogP contribution in [-0.4, -0.2) is 41.1 Å². The second-order valence-electron chi connectivity index (χ2n) is 10.7. The van der Waals surface area contributed by atoms with Gasteiger partial charge in [-0.25, -0.2) is 8.42 Å². The third-order valence-corrected chi connectivity index (χ3v) is 16.5. The van der Waals surface area contributed by atoms with Crippen molar-refractivity contribution in [1.29, 1.82) is 0 Å². The zero-order valence-corrected chi connectivity index (χ0v) is 29.2. The molecule has 4 atom stereocenters. The number of halogens is 3. The third kappa shape index (κ3) is 11.7. The van der Waals surface area contributed by atoms with Crippen LogP contribution in [0, 0.1) is 0 Å². The van der Waals surface area contributed by atoms with Gasteiger partial charge < -0.3 is 4.55 Å². The molecular weight excluding hydrogens is 674 g/mol. The van der Waals surface area contributed by atoms with Gasteiger partial charge in [0.25, 0.3) is 0 Å². The molecule has 1 radical (unpaired) electrons. The molecule has 237 valence electrons.